The molecule has 0 radical (unpaired) electrons. The molecule has 0 spiro atoms. The van der Waals surface area contributed by atoms with Crippen molar-refractivity contribution in [2.75, 3.05) is 17.2 Å². The van der Waals surface area contributed by atoms with E-state index in [1.807, 2.05) is 30.0 Å². The van der Waals surface area contributed by atoms with E-state index in [-0.39, 0.29) is 23.8 Å². The van der Waals surface area contributed by atoms with Crippen molar-refractivity contribution in [1.29, 1.82) is 0 Å². The molecule has 0 unspecified atom stereocenters. The Hall–Kier alpha value is -3.68. The van der Waals surface area contributed by atoms with Gasteiger partial charge in [0.2, 0.25) is 11.8 Å². The van der Waals surface area contributed by atoms with Crippen molar-refractivity contribution in [1.82, 2.24) is 9.88 Å². The van der Waals surface area contributed by atoms with E-state index in [4.69, 9.17) is 10.1 Å². The van der Waals surface area contributed by atoms with E-state index >= 15 is 0 Å². The summed E-state index contributed by atoms with van der Waals surface area (Å²) < 4.78 is 0. The molecule has 38 heavy (non-hydrogen) atoms. The Kier molecular flexibility index (Phi) is 7.77. The molecule has 3 aliphatic rings. The smallest absolute Gasteiger partial charge is 0.409 e. The van der Waals surface area contributed by atoms with E-state index in [2.05, 4.69) is 10.6 Å². The molecular formula is C30H36N4O4. The molecule has 8 nitrogen and oxygen atoms in total. The number of nitrogens with one attached hydrogen (secondary N) is 2. The largest absolute Gasteiger partial charge is 0.465 e. The molecule has 2 atom stereocenters. The maximum absolute atomic E-state index is 13.5. The minimum absolute atomic E-state index is 0.0664. The maximum atomic E-state index is 13.5. The van der Waals surface area contributed by atoms with Gasteiger partial charge < -0.3 is 15.3 Å². The first kappa shape index (κ1) is 25.9. The van der Waals surface area contributed by atoms with E-state index in [0.29, 0.717) is 30.3 Å². The van der Waals surface area contributed by atoms with Gasteiger partial charge in [-0.25, -0.2) is 4.79 Å². The Morgan fingerprint density at radius 3 is 2.63 bits per heavy atom. The van der Waals surface area contributed by atoms with Gasteiger partial charge in [0.15, 0.2) is 0 Å². The second-order valence-electron chi connectivity index (χ2n) is 10.8. The fourth-order valence-electron chi connectivity index (χ4n) is 6.14. The summed E-state index contributed by atoms with van der Waals surface area (Å²) in [5.74, 6) is 0.264. The number of hydrogen-bond donors (Lipinski definition) is 3. The minimum Gasteiger partial charge on any atom is -0.465 e. The number of hydrogen-bond acceptors (Lipinski definition) is 4. The van der Waals surface area contributed by atoms with Gasteiger partial charge in [0, 0.05) is 36.0 Å². The van der Waals surface area contributed by atoms with Crippen LogP contribution in [-0.4, -0.2) is 39.4 Å². The highest BCUT2D eigenvalue weighted by Crippen LogP contribution is 2.38. The van der Waals surface area contributed by atoms with Gasteiger partial charge in [0.05, 0.1) is 17.4 Å². The number of carbonyl (C=O) groups is 3. The van der Waals surface area contributed by atoms with E-state index < -0.39 is 6.09 Å². The zero-order chi connectivity index (χ0) is 26.6. The second-order valence-corrected chi connectivity index (χ2v) is 10.8. The van der Waals surface area contributed by atoms with Gasteiger partial charge in [-0.3, -0.25) is 19.9 Å². The number of rotatable bonds is 3. The van der Waals surface area contributed by atoms with Gasteiger partial charge in [-0.15, -0.1) is 0 Å². The van der Waals surface area contributed by atoms with E-state index in [0.717, 1.165) is 36.1 Å². The van der Waals surface area contributed by atoms with Gasteiger partial charge in [-0.2, -0.15) is 0 Å². The van der Waals surface area contributed by atoms with Crippen LogP contribution in [0.25, 0.3) is 11.1 Å². The molecule has 2 aromatic rings. The molecule has 8 heteroatoms. The summed E-state index contributed by atoms with van der Waals surface area (Å²) in [6.45, 7) is 2.59. The quantitative estimate of drug-likeness (QED) is 0.438. The number of benzene rings is 1. The second kappa shape index (κ2) is 11.4. The van der Waals surface area contributed by atoms with Crippen LogP contribution in [0.15, 0.2) is 48.2 Å². The zero-order valence-corrected chi connectivity index (χ0v) is 21.9. The molecule has 1 aromatic carbocycles. The van der Waals surface area contributed by atoms with Crippen molar-refractivity contribution in [2.45, 2.75) is 70.8 Å². The number of aromatic nitrogens is 1. The van der Waals surface area contributed by atoms with E-state index in [1.165, 1.54) is 37.7 Å². The van der Waals surface area contributed by atoms with Crippen LogP contribution in [0.2, 0.25) is 0 Å². The Balaban J connectivity index is 1.49. The highest BCUT2D eigenvalue weighted by atomic mass is 16.4. The highest BCUT2D eigenvalue weighted by molar-refractivity contribution is 5.98. The minimum atomic E-state index is -1.17. The number of carboxylic acid groups (broad SMARTS) is 1. The average Bonchev–Trinajstić information content (AvgIpc) is 2.91. The normalized spacial score (nSPS) is 22.9. The van der Waals surface area contributed by atoms with Gasteiger partial charge in [0.1, 0.15) is 0 Å². The molecule has 1 saturated carbocycles. The summed E-state index contributed by atoms with van der Waals surface area (Å²) in [6, 6.07) is 8.83. The van der Waals surface area contributed by atoms with Crippen molar-refractivity contribution in [3.63, 3.8) is 0 Å². The molecule has 2 aliphatic heterocycles. The zero-order valence-electron chi connectivity index (χ0n) is 21.9. The average molecular weight is 517 g/mol. The summed E-state index contributed by atoms with van der Waals surface area (Å²) in [7, 11) is 0. The van der Waals surface area contributed by atoms with Crippen LogP contribution >= 0.6 is 0 Å². The van der Waals surface area contributed by atoms with Gasteiger partial charge in [-0.05, 0) is 67.9 Å². The lowest BCUT2D eigenvalue weighted by Gasteiger charge is -2.36. The van der Waals surface area contributed by atoms with Crippen molar-refractivity contribution < 1.29 is 19.5 Å². The molecule has 1 fully saturated rings. The maximum Gasteiger partial charge on any atom is 0.409 e. The van der Waals surface area contributed by atoms with Crippen LogP contribution < -0.4 is 10.6 Å². The lowest BCUT2D eigenvalue weighted by molar-refractivity contribution is -0.129. The third-order valence-electron chi connectivity index (χ3n) is 8.26. The third-order valence-corrected chi connectivity index (χ3v) is 8.26. The number of fused-ring (bicyclic) bond motifs is 4. The number of anilines is 2. The first-order valence-corrected chi connectivity index (χ1v) is 13.8. The predicted octanol–water partition coefficient (Wildman–Crippen LogP) is 6.38. The molecule has 3 N–H and O–H groups in total. The van der Waals surface area contributed by atoms with E-state index in [1.54, 1.807) is 24.4 Å². The molecule has 3 heterocycles. The standard InChI is InChI=1S/C30H36N4O4/c1-19-6-5-9-27(34-15-13-21(17-28(34)35)20-7-3-2-4-8-20)26-16-22(12-14-31-26)24-11-10-23(32-30(37)38)18-25(24)33-29(19)36/h10-12,14,16-20,27,32H,2-9,13,15H2,1H3,(H,33,36)(H,37,38)/t19-,27+/m1/s1. The van der Waals surface area contributed by atoms with Crippen LogP contribution in [0.1, 0.15) is 76.4 Å². The summed E-state index contributed by atoms with van der Waals surface area (Å²) in [5, 5.41) is 14.5. The van der Waals surface area contributed by atoms with E-state index in [9.17, 15) is 14.4 Å². The third kappa shape index (κ3) is 5.74. The fourth-order valence-corrected chi connectivity index (χ4v) is 6.14. The number of nitrogens with zero attached hydrogens (tertiary/aromatic N) is 2. The summed E-state index contributed by atoms with van der Waals surface area (Å²) >= 11 is 0. The molecule has 2 bridgehead atoms. The van der Waals surface area contributed by atoms with Crippen LogP contribution in [0.5, 0.6) is 0 Å². The van der Waals surface area contributed by atoms with Gasteiger partial charge >= 0.3 is 6.09 Å². The molecule has 1 aliphatic carbocycles. The molecule has 0 saturated heterocycles. The highest BCUT2D eigenvalue weighted by Gasteiger charge is 2.31. The Morgan fingerprint density at radius 2 is 1.87 bits per heavy atom. The molecule has 1 aromatic heterocycles. The van der Waals surface area contributed by atoms with Crippen LogP contribution in [0.4, 0.5) is 16.2 Å². The topological polar surface area (TPSA) is 112 Å². The molecular weight excluding hydrogens is 480 g/mol. The van der Waals surface area contributed by atoms with Gasteiger partial charge in [-0.1, -0.05) is 44.2 Å². The Bertz CT molecular complexity index is 1250. The molecule has 200 valence electrons. The summed E-state index contributed by atoms with van der Waals surface area (Å²) in [5.41, 5.74) is 4.69. The first-order valence-electron chi connectivity index (χ1n) is 13.8. The molecule has 5 rings (SSSR count). The SMILES string of the molecule is C[C@@H]1CCC[C@H](N2CCC(C3CCCCC3)=CC2=O)c2cc(ccn2)-c2ccc(NC(=O)O)cc2NC1=O. The summed E-state index contributed by atoms with van der Waals surface area (Å²) in [4.78, 5) is 44.4. The lowest BCUT2D eigenvalue weighted by atomic mass is 9.81. The first-order chi connectivity index (χ1) is 18.4. The van der Waals surface area contributed by atoms with Crippen molar-refractivity contribution >= 4 is 29.3 Å². The van der Waals surface area contributed by atoms with Crippen LogP contribution in [0.3, 0.4) is 0 Å². The van der Waals surface area contributed by atoms with Crippen molar-refractivity contribution in [3.05, 3.63) is 53.9 Å². The van der Waals surface area contributed by atoms with Crippen LogP contribution in [-0.2, 0) is 9.59 Å². The summed E-state index contributed by atoms with van der Waals surface area (Å²) in [6.07, 6.45) is 11.8. The monoisotopic (exact) mass is 516 g/mol. The van der Waals surface area contributed by atoms with Crippen LogP contribution in [0, 0.1) is 11.8 Å². The van der Waals surface area contributed by atoms with Crippen molar-refractivity contribution in [2.24, 2.45) is 11.8 Å². The Morgan fingerprint density at radius 1 is 1.05 bits per heavy atom. The van der Waals surface area contributed by atoms with Crippen molar-refractivity contribution in [3.8, 4) is 11.1 Å². The Labute approximate surface area is 223 Å². The number of carbonyl (C=O) groups excluding carboxylic acids is 2. The molecule has 3 amide bonds. The lowest BCUT2D eigenvalue weighted by Crippen LogP contribution is -2.39. The van der Waals surface area contributed by atoms with Gasteiger partial charge in [0.25, 0.3) is 0 Å². The number of amides is 3. The fraction of sp³-hybridized carbons (Fsp3) is 0.467. The predicted molar refractivity (Wildman–Crippen MR) is 147 cm³/mol. The number of pyridine rings is 1.